The average molecular weight is 655 g/mol. The zero-order chi connectivity index (χ0) is 34.0. The third-order valence-corrected chi connectivity index (χ3v) is 7.90. The normalized spacial score (nSPS) is 10.9. The number of rotatable bonds is 13. The minimum Gasteiger partial charge on any atom is -0.426 e. The Labute approximate surface area is 277 Å². The van der Waals surface area contributed by atoms with Crippen molar-refractivity contribution in [3.63, 3.8) is 0 Å². The summed E-state index contributed by atoms with van der Waals surface area (Å²) >= 11 is 0. The van der Waals surface area contributed by atoms with Crippen LogP contribution in [0.1, 0.15) is 50.5 Å². The molecule has 0 amide bonds. The van der Waals surface area contributed by atoms with Crippen molar-refractivity contribution < 1.29 is 36.6 Å². The molecule has 4 nitrogen and oxygen atoms in total. The number of halogens is 4. The highest BCUT2D eigenvalue weighted by Crippen LogP contribution is 2.31. The summed E-state index contributed by atoms with van der Waals surface area (Å²) in [7, 11) is 0. The largest absolute Gasteiger partial charge is 0.426 e. The second kappa shape index (κ2) is 16.0. The maximum Gasteiger partial charge on any atom is 0.311 e. The molecule has 0 radical (unpaired) electrons. The summed E-state index contributed by atoms with van der Waals surface area (Å²) in [5.74, 6) is -2.89. The SMILES string of the molecule is Cc1ccc(-c2ccc(-c3ccc(OC(=O)CCCCCCCC(=O)Oc4ccc(-c5ccc(F)cc5)c(F)c4)cc3F)cc2F)cc1. The Balaban J connectivity index is 0.994. The smallest absolute Gasteiger partial charge is 0.311 e. The summed E-state index contributed by atoms with van der Waals surface area (Å²) in [5, 5.41) is 0. The second-order valence-corrected chi connectivity index (χ2v) is 11.6. The molecular weight excluding hydrogens is 620 g/mol. The van der Waals surface area contributed by atoms with E-state index in [9.17, 15) is 27.2 Å². The van der Waals surface area contributed by atoms with Crippen molar-refractivity contribution in [3.8, 4) is 44.9 Å². The lowest BCUT2D eigenvalue weighted by atomic mass is 9.98. The number of hydrogen-bond donors (Lipinski definition) is 0. The molecule has 5 aromatic rings. The topological polar surface area (TPSA) is 52.6 Å². The molecule has 0 unspecified atom stereocenters. The molecule has 0 atom stereocenters. The third kappa shape index (κ3) is 9.18. The molecule has 5 aromatic carbocycles. The average Bonchev–Trinajstić information content (AvgIpc) is 3.05. The molecule has 0 saturated heterocycles. The molecule has 5 rings (SSSR count). The van der Waals surface area contributed by atoms with Crippen molar-refractivity contribution in [2.45, 2.75) is 51.9 Å². The van der Waals surface area contributed by atoms with Crippen LogP contribution in [0.25, 0.3) is 33.4 Å². The molecule has 0 bridgehead atoms. The van der Waals surface area contributed by atoms with Gasteiger partial charge in [-0.05, 0) is 78.9 Å². The van der Waals surface area contributed by atoms with E-state index >= 15 is 0 Å². The minimum absolute atomic E-state index is 0.0708. The van der Waals surface area contributed by atoms with E-state index in [0.29, 0.717) is 29.5 Å². The lowest BCUT2D eigenvalue weighted by Crippen LogP contribution is -2.08. The van der Waals surface area contributed by atoms with Gasteiger partial charge < -0.3 is 9.47 Å². The van der Waals surface area contributed by atoms with Gasteiger partial charge in [0, 0.05) is 41.7 Å². The van der Waals surface area contributed by atoms with Crippen molar-refractivity contribution in [3.05, 3.63) is 132 Å². The predicted molar refractivity (Wildman–Crippen MR) is 177 cm³/mol. The Bertz CT molecular complexity index is 1890. The molecule has 48 heavy (non-hydrogen) atoms. The van der Waals surface area contributed by atoms with Crippen molar-refractivity contribution >= 4 is 11.9 Å². The Kier molecular flexibility index (Phi) is 11.4. The summed E-state index contributed by atoms with van der Waals surface area (Å²) in [4.78, 5) is 24.5. The number of ether oxygens (including phenoxy) is 2. The van der Waals surface area contributed by atoms with Crippen LogP contribution in [-0.2, 0) is 9.59 Å². The Morgan fingerprint density at radius 2 is 0.875 bits per heavy atom. The van der Waals surface area contributed by atoms with E-state index in [1.807, 2.05) is 31.2 Å². The molecule has 0 N–H and O–H groups in total. The van der Waals surface area contributed by atoms with Crippen molar-refractivity contribution in [1.82, 2.24) is 0 Å². The zero-order valence-corrected chi connectivity index (χ0v) is 26.4. The van der Waals surface area contributed by atoms with Crippen molar-refractivity contribution in [2.75, 3.05) is 0 Å². The highest BCUT2D eigenvalue weighted by atomic mass is 19.1. The number of unbranched alkanes of at least 4 members (excludes halogenated alkanes) is 4. The molecule has 0 aromatic heterocycles. The van der Waals surface area contributed by atoms with Crippen LogP contribution < -0.4 is 9.47 Å². The molecule has 0 aliphatic heterocycles. The Hall–Kier alpha value is -5.24. The van der Waals surface area contributed by atoms with E-state index in [4.69, 9.17) is 9.47 Å². The quantitative estimate of drug-likeness (QED) is 0.0549. The first-order valence-corrected chi connectivity index (χ1v) is 15.8. The maximum absolute atomic E-state index is 14.9. The van der Waals surface area contributed by atoms with Crippen LogP contribution in [0, 0.1) is 30.2 Å². The predicted octanol–water partition coefficient (Wildman–Crippen LogP) is 10.8. The number of carbonyl (C=O) groups excluding carboxylic acids is 2. The first-order chi connectivity index (χ1) is 23.2. The molecule has 0 saturated carbocycles. The zero-order valence-electron chi connectivity index (χ0n) is 26.4. The first kappa shape index (κ1) is 34.1. The molecule has 0 aliphatic carbocycles. The fraction of sp³-hybridized carbons (Fsp3) is 0.200. The van der Waals surface area contributed by atoms with E-state index in [1.165, 1.54) is 54.6 Å². The fourth-order valence-corrected chi connectivity index (χ4v) is 5.30. The minimum atomic E-state index is -0.631. The number of aryl methyl sites for hydroxylation is 1. The van der Waals surface area contributed by atoms with Gasteiger partial charge >= 0.3 is 11.9 Å². The highest BCUT2D eigenvalue weighted by molar-refractivity contribution is 5.75. The molecule has 0 spiro atoms. The van der Waals surface area contributed by atoms with Gasteiger partial charge in [-0.2, -0.15) is 0 Å². The van der Waals surface area contributed by atoms with Crippen LogP contribution in [0.3, 0.4) is 0 Å². The van der Waals surface area contributed by atoms with Crippen LogP contribution in [0.2, 0.25) is 0 Å². The summed E-state index contributed by atoms with van der Waals surface area (Å²) in [5.41, 5.74) is 3.58. The molecule has 0 aliphatic rings. The first-order valence-electron chi connectivity index (χ1n) is 15.8. The molecule has 0 heterocycles. The number of esters is 2. The second-order valence-electron chi connectivity index (χ2n) is 11.6. The molecule has 246 valence electrons. The Morgan fingerprint density at radius 3 is 1.35 bits per heavy atom. The van der Waals surface area contributed by atoms with Gasteiger partial charge in [-0.25, -0.2) is 17.6 Å². The number of hydrogen-bond acceptors (Lipinski definition) is 4. The summed E-state index contributed by atoms with van der Waals surface area (Å²) < 4.78 is 68.0. The van der Waals surface area contributed by atoms with Gasteiger partial charge in [0.05, 0.1) is 0 Å². The van der Waals surface area contributed by atoms with Gasteiger partial charge in [-0.1, -0.05) is 73.4 Å². The summed E-state index contributed by atoms with van der Waals surface area (Å²) in [6, 6.07) is 25.6. The van der Waals surface area contributed by atoms with Crippen LogP contribution in [0.15, 0.2) is 103 Å². The monoisotopic (exact) mass is 654 g/mol. The van der Waals surface area contributed by atoms with E-state index in [0.717, 1.165) is 42.5 Å². The maximum atomic E-state index is 14.9. The van der Waals surface area contributed by atoms with Crippen LogP contribution in [0.5, 0.6) is 11.5 Å². The van der Waals surface area contributed by atoms with Gasteiger partial charge in [0.2, 0.25) is 0 Å². The molecule has 8 heteroatoms. The van der Waals surface area contributed by atoms with E-state index in [1.54, 1.807) is 12.1 Å². The van der Waals surface area contributed by atoms with E-state index < -0.39 is 35.2 Å². The van der Waals surface area contributed by atoms with E-state index in [2.05, 4.69) is 0 Å². The van der Waals surface area contributed by atoms with Gasteiger partial charge in [0.15, 0.2) is 0 Å². The number of carbonyl (C=O) groups is 2. The number of benzene rings is 5. The van der Waals surface area contributed by atoms with Crippen molar-refractivity contribution in [2.24, 2.45) is 0 Å². The lowest BCUT2D eigenvalue weighted by molar-refractivity contribution is -0.135. The molecular formula is C40H34F4O4. The van der Waals surface area contributed by atoms with Crippen LogP contribution in [0.4, 0.5) is 17.6 Å². The standard InChI is InChI=1S/C40H34F4O4/c1-26-9-11-27(12-10-26)33-20-15-29(23-36(33)42)35-22-19-32(25-38(35)44)48-40(46)8-6-4-2-3-5-7-39(45)47-31-18-21-34(37(43)24-31)28-13-16-30(41)17-14-28/h9-25H,2-8H2,1H3. The lowest BCUT2D eigenvalue weighted by Gasteiger charge is -2.10. The van der Waals surface area contributed by atoms with Gasteiger partial charge in [0.1, 0.15) is 34.8 Å². The van der Waals surface area contributed by atoms with Crippen LogP contribution in [-0.4, -0.2) is 11.9 Å². The molecule has 0 fully saturated rings. The fourth-order valence-electron chi connectivity index (χ4n) is 5.30. The highest BCUT2D eigenvalue weighted by Gasteiger charge is 2.14. The van der Waals surface area contributed by atoms with Gasteiger partial charge in [-0.15, -0.1) is 0 Å². The third-order valence-electron chi connectivity index (χ3n) is 7.90. The van der Waals surface area contributed by atoms with E-state index in [-0.39, 0.29) is 35.5 Å². The van der Waals surface area contributed by atoms with Gasteiger partial charge in [0.25, 0.3) is 0 Å². The summed E-state index contributed by atoms with van der Waals surface area (Å²) in [6.45, 7) is 1.95. The Morgan fingerprint density at radius 1 is 0.479 bits per heavy atom. The summed E-state index contributed by atoms with van der Waals surface area (Å²) in [6.07, 6.45) is 3.70. The van der Waals surface area contributed by atoms with Crippen molar-refractivity contribution in [1.29, 1.82) is 0 Å². The van der Waals surface area contributed by atoms with Crippen LogP contribution >= 0.6 is 0 Å². The van der Waals surface area contributed by atoms with Gasteiger partial charge in [-0.3, -0.25) is 9.59 Å².